The van der Waals surface area contributed by atoms with Crippen LogP contribution < -0.4 is 10.2 Å². The van der Waals surface area contributed by atoms with Crippen LogP contribution in [0.15, 0.2) is 42.5 Å². The fourth-order valence-electron chi connectivity index (χ4n) is 1.24. The third-order valence-electron chi connectivity index (χ3n) is 1.99. The van der Waals surface area contributed by atoms with Gasteiger partial charge in [-0.25, -0.2) is 0 Å². The number of rotatable bonds is 2. The van der Waals surface area contributed by atoms with Crippen LogP contribution in [0.5, 0.6) is 11.8 Å². The Kier molecular flexibility index (Phi) is 3.15. The summed E-state index contributed by atoms with van der Waals surface area (Å²) in [4.78, 5) is 5.06. The number of hydrogen-bond acceptors (Lipinski definition) is 4. The Morgan fingerprint density at radius 1 is 1.06 bits per heavy atom. The van der Waals surface area contributed by atoms with E-state index >= 15 is 0 Å². The van der Waals surface area contributed by atoms with E-state index in [1.807, 2.05) is 30.3 Å². The van der Waals surface area contributed by atoms with E-state index in [0.29, 0.717) is 0 Å². The molecular weight excluding hydrogens is 240 g/mol. The lowest BCUT2D eigenvalue weighted by molar-refractivity contribution is 0.192. The molecule has 0 atom stereocenters. The highest BCUT2D eigenvalue weighted by molar-refractivity contribution is 7.80. The van der Waals surface area contributed by atoms with Crippen molar-refractivity contribution in [2.45, 2.75) is 0 Å². The van der Waals surface area contributed by atoms with Crippen LogP contribution in [-0.2, 0) is 0 Å². The number of benzene rings is 1. The molecule has 2 aromatic rings. The molecule has 0 fully saturated rings. The van der Waals surface area contributed by atoms with E-state index < -0.39 is 0 Å². The molecule has 0 aliphatic carbocycles. The molecule has 5 nitrogen and oxygen atoms in total. The van der Waals surface area contributed by atoms with Gasteiger partial charge in [0.2, 0.25) is 11.8 Å². The van der Waals surface area contributed by atoms with E-state index in [4.69, 9.17) is 17.1 Å². The summed E-state index contributed by atoms with van der Waals surface area (Å²) < 4.78 is 0.818. The number of hydrogen-bond donors (Lipinski definition) is 3. The molecule has 6 heteroatoms. The summed E-state index contributed by atoms with van der Waals surface area (Å²) in [5, 5.41) is 21.5. The van der Waals surface area contributed by atoms with E-state index in [0.717, 1.165) is 10.4 Å². The molecule has 0 aliphatic rings. The minimum Gasteiger partial charge on any atom is -0.492 e. The van der Waals surface area contributed by atoms with E-state index in [-0.39, 0.29) is 16.9 Å². The summed E-state index contributed by atoms with van der Waals surface area (Å²) in [6.07, 6.45) is 0. The van der Waals surface area contributed by atoms with Gasteiger partial charge in [-0.15, -0.1) is 4.73 Å². The first-order chi connectivity index (χ1) is 8.16. The largest absolute Gasteiger partial charge is 0.492 e. The van der Waals surface area contributed by atoms with Gasteiger partial charge in [0.15, 0.2) is 0 Å². The molecule has 88 valence electrons. The second-order valence-corrected chi connectivity index (χ2v) is 3.58. The average molecular weight is 250 g/mol. The molecule has 0 bridgehead atoms. The zero-order valence-corrected chi connectivity index (χ0v) is 9.52. The maximum atomic E-state index is 9.34. The molecule has 0 unspecified atom stereocenters. The molecule has 0 saturated carbocycles. The van der Waals surface area contributed by atoms with Crippen LogP contribution in [-0.4, -0.2) is 20.1 Å². The monoisotopic (exact) mass is 250 g/mol. The minimum absolute atomic E-state index is 0.0120. The smallest absolute Gasteiger partial charge is 0.291 e. The van der Waals surface area contributed by atoms with Crippen molar-refractivity contribution in [2.24, 2.45) is 0 Å². The first-order valence-corrected chi connectivity index (χ1v) is 5.21. The highest BCUT2D eigenvalue weighted by atomic mass is 32.1. The molecule has 3 N–H and O–H groups in total. The van der Waals surface area contributed by atoms with Gasteiger partial charge < -0.3 is 20.4 Å². The zero-order valence-electron chi connectivity index (χ0n) is 8.70. The SMILES string of the molecule is Oc1ccc(O)n1OC(=S)Nc1ccccc1. The van der Waals surface area contributed by atoms with Crippen molar-refractivity contribution >= 4 is 23.1 Å². The van der Waals surface area contributed by atoms with Gasteiger partial charge in [-0.3, -0.25) is 0 Å². The predicted molar refractivity (Wildman–Crippen MR) is 67.0 cm³/mol. The molecule has 2 rings (SSSR count). The highest BCUT2D eigenvalue weighted by Gasteiger charge is 2.09. The third kappa shape index (κ3) is 2.67. The van der Waals surface area contributed by atoms with Gasteiger partial charge in [0.1, 0.15) is 0 Å². The molecular formula is C11H10N2O3S. The molecule has 0 spiro atoms. The van der Waals surface area contributed by atoms with Crippen molar-refractivity contribution in [3.05, 3.63) is 42.5 Å². The summed E-state index contributed by atoms with van der Waals surface area (Å²) in [6, 6.07) is 11.8. The number of aromatic nitrogens is 1. The standard InChI is InChI=1S/C11H10N2O3S/c14-9-6-7-10(15)13(9)16-11(17)12-8-4-2-1-3-5-8/h1-7,14-15H,(H,12,17). The fourth-order valence-corrected chi connectivity index (χ4v) is 1.43. The van der Waals surface area contributed by atoms with Gasteiger partial charge in [0.05, 0.1) is 0 Å². The van der Waals surface area contributed by atoms with Crippen molar-refractivity contribution in [3.63, 3.8) is 0 Å². The summed E-state index contributed by atoms with van der Waals surface area (Å²) >= 11 is 4.93. The van der Waals surface area contributed by atoms with Gasteiger partial charge in [-0.05, 0) is 24.4 Å². The van der Waals surface area contributed by atoms with E-state index in [1.165, 1.54) is 12.1 Å². The molecule has 1 aromatic heterocycles. The number of nitrogens with one attached hydrogen (secondary N) is 1. The first kappa shape index (κ1) is 11.3. The number of nitrogens with zero attached hydrogens (tertiary/aromatic N) is 1. The molecule has 1 heterocycles. The van der Waals surface area contributed by atoms with Gasteiger partial charge >= 0.3 is 0 Å². The molecule has 0 aliphatic heterocycles. The van der Waals surface area contributed by atoms with Crippen LogP contribution in [0.25, 0.3) is 0 Å². The van der Waals surface area contributed by atoms with Gasteiger partial charge in [-0.1, -0.05) is 18.2 Å². The van der Waals surface area contributed by atoms with Crippen molar-refractivity contribution in [2.75, 3.05) is 5.32 Å². The Bertz CT molecular complexity index is 505. The van der Waals surface area contributed by atoms with Crippen molar-refractivity contribution in [1.82, 2.24) is 4.73 Å². The quantitative estimate of drug-likeness (QED) is 0.708. The van der Waals surface area contributed by atoms with Crippen molar-refractivity contribution in [1.29, 1.82) is 0 Å². The molecule has 17 heavy (non-hydrogen) atoms. The van der Waals surface area contributed by atoms with Crippen molar-refractivity contribution in [3.8, 4) is 11.8 Å². The van der Waals surface area contributed by atoms with Crippen LogP contribution >= 0.6 is 12.2 Å². The normalized spacial score (nSPS) is 9.88. The second-order valence-electron chi connectivity index (χ2n) is 3.21. The highest BCUT2D eigenvalue weighted by Crippen LogP contribution is 2.18. The minimum atomic E-state index is -0.236. The summed E-state index contributed by atoms with van der Waals surface area (Å²) in [7, 11) is 0. The number of para-hydroxylation sites is 1. The van der Waals surface area contributed by atoms with Crippen LogP contribution in [0.1, 0.15) is 0 Å². The Labute approximate surface area is 103 Å². The number of anilines is 1. The fraction of sp³-hybridized carbons (Fsp3) is 0. The van der Waals surface area contributed by atoms with E-state index in [2.05, 4.69) is 5.32 Å². The Hall–Kier alpha value is -2.21. The lowest BCUT2D eigenvalue weighted by atomic mass is 10.3. The molecule has 0 saturated heterocycles. The van der Waals surface area contributed by atoms with Crippen LogP contribution in [0.4, 0.5) is 5.69 Å². The van der Waals surface area contributed by atoms with Crippen LogP contribution in [0, 0.1) is 0 Å². The summed E-state index contributed by atoms with van der Waals surface area (Å²) in [5.74, 6) is -0.473. The van der Waals surface area contributed by atoms with E-state index in [1.54, 1.807) is 0 Å². The predicted octanol–water partition coefficient (Wildman–Crippen LogP) is 1.72. The molecule has 0 amide bonds. The Morgan fingerprint density at radius 2 is 1.65 bits per heavy atom. The summed E-state index contributed by atoms with van der Waals surface area (Å²) in [5.41, 5.74) is 0.753. The zero-order chi connectivity index (χ0) is 12.3. The maximum absolute atomic E-state index is 9.34. The lowest BCUT2D eigenvalue weighted by Crippen LogP contribution is -2.24. The average Bonchev–Trinajstić information content (AvgIpc) is 2.62. The maximum Gasteiger partial charge on any atom is 0.291 e. The van der Waals surface area contributed by atoms with Crippen LogP contribution in [0.3, 0.4) is 0 Å². The number of aromatic hydroxyl groups is 2. The molecule has 1 aromatic carbocycles. The second kappa shape index (κ2) is 4.75. The van der Waals surface area contributed by atoms with Crippen LogP contribution in [0.2, 0.25) is 0 Å². The summed E-state index contributed by atoms with van der Waals surface area (Å²) in [6.45, 7) is 0. The Balaban J connectivity index is 2.03. The van der Waals surface area contributed by atoms with Gasteiger partial charge in [0.25, 0.3) is 5.17 Å². The van der Waals surface area contributed by atoms with Gasteiger partial charge in [-0.2, -0.15) is 0 Å². The van der Waals surface area contributed by atoms with Gasteiger partial charge in [0, 0.05) is 17.8 Å². The lowest BCUT2D eigenvalue weighted by Gasteiger charge is -2.10. The first-order valence-electron chi connectivity index (χ1n) is 4.81. The number of thiocarbonyl (C=S) groups is 1. The van der Waals surface area contributed by atoms with E-state index in [9.17, 15) is 10.2 Å². The van der Waals surface area contributed by atoms with Crippen molar-refractivity contribution < 1.29 is 15.1 Å². The molecule has 0 radical (unpaired) electrons. The Morgan fingerprint density at radius 3 is 2.24 bits per heavy atom. The topological polar surface area (TPSA) is 66.7 Å². The third-order valence-corrected chi connectivity index (χ3v) is 2.17.